The van der Waals surface area contributed by atoms with E-state index in [4.69, 9.17) is 0 Å². The van der Waals surface area contributed by atoms with Crippen molar-refractivity contribution in [2.24, 2.45) is 0 Å². The lowest BCUT2D eigenvalue weighted by atomic mass is 10.1. The van der Waals surface area contributed by atoms with Crippen LogP contribution in [0.4, 0.5) is 0 Å². The second-order valence-corrected chi connectivity index (χ2v) is 4.60. The van der Waals surface area contributed by atoms with Crippen LogP contribution in [-0.2, 0) is 13.1 Å². The lowest BCUT2D eigenvalue weighted by Gasteiger charge is -2.05. The van der Waals surface area contributed by atoms with E-state index >= 15 is 0 Å². The molecule has 0 aliphatic rings. The highest BCUT2D eigenvalue weighted by molar-refractivity contribution is 5.79. The van der Waals surface area contributed by atoms with E-state index in [1.54, 1.807) is 6.20 Å². The first-order valence-electron chi connectivity index (χ1n) is 6.53. The van der Waals surface area contributed by atoms with Gasteiger partial charge in [0.05, 0.1) is 6.20 Å². The highest BCUT2D eigenvalue weighted by atomic mass is 15.4. The van der Waals surface area contributed by atoms with Gasteiger partial charge in [-0.1, -0.05) is 17.3 Å². The molecule has 0 atom stereocenters. The van der Waals surface area contributed by atoms with Crippen LogP contribution >= 0.6 is 0 Å². The average Bonchev–Trinajstić information content (AvgIpc) is 3.08. The standard InChI is InChI=1S/C14H17N5/c1(8-19-9-7-17-18-19)5-15-11-12-2-3-13-4-6-16-14(13)10-12/h2-4,6-7,9-10,15-16H,1,5,8,11H2. The van der Waals surface area contributed by atoms with Crippen LogP contribution in [0.2, 0.25) is 0 Å². The fraction of sp³-hybridized carbons (Fsp3) is 0.286. The molecule has 0 aliphatic heterocycles. The van der Waals surface area contributed by atoms with E-state index in [1.165, 1.54) is 16.5 Å². The zero-order valence-electron chi connectivity index (χ0n) is 10.7. The minimum absolute atomic E-state index is 0.895. The van der Waals surface area contributed by atoms with E-state index in [0.717, 1.165) is 26.1 Å². The summed E-state index contributed by atoms with van der Waals surface area (Å²) in [5.74, 6) is 0. The van der Waals surface area contributed by atoms with Crippen LogP contribution in [-0.4, -0.2) is 26.5 Å². The van der Waals surface area contributed by atoms with Crippen LogP contribution in [0, 0.1) is 0 Å². The first-order chi connectivity index (χ1) is 9.42. The second-order valence-electron chi connectivity index (χ2n) is 4.60. The largest absolute Gasteiger partial charge is 0.361 e. The molecule has 5 heteroatoms. The number of aromatic amines is 1. The summed E-state index contributed by atoms with van der Waals surface area (Å²) in [7, 11) is 0. The summed E-state index contributed by atoms with van der Waals surface area (Å²) in [4.78, 5) is 3.23. The number of nitrogens with one attached hydrogen (secondary N) is 2. The number of aryl methyl sites for hydroxylation is 1. The summed E-state index contributed by atoms with van der Waals surface area (Å²) in [5.41, 5.74) is 2.50. The molecule has 2 heterocycles. The molecule has 5 nitrogen and oxygen atoms in total. The number of hydrogen-bond acceptors (Lipinski definition) is 3. The molecule has 0 radical (unpaired) electrons. The van der Waals surface area contributed by atoms with E-state index in [-0.39, 0.29) is 0 Å². The van der Waals surface area contributed by atoms with Crippen LogP contribution in [0.15, 0.2) is 42.9 Å². The van der Waals surface area contributed by atoms with Crippen molar-refractivity contribution in [2.75, 3.05) is 6.54 Å². The highest BCUT2D eigenvalue weighted by Gasteiger charge is 1.97. The fourth-order valence-corrected chi connectivity index (χ4v) is 2.16. The first kappa shape index (κ1) is 11.9. The topological polar surface area (TPSA) is 58.5 Å². The van der Waals surface area contributed by atoms with E-state index in [9.17, 15) is 0 Å². The summed E-state index contributed by atoms with van der Waals surface area (Å²) < 4.78 is 1.85. The summed E-state index contributed by atoms with van der Waals surface area (Å²) in [6, 6.07) is 8.60. The van der Waals surface area contributed by atoms with Gasteiger partial charge < -0.3 is 10.3 Å². The van der Waals surface area contributed by atoms with Crippen molar-refractivity contribution in [2.45, 2.75) is 19.5 Å². The second kappa shape index (κ2) is 5.67. The molecule has 19 heavy (non-hydrogen) atoms. The van der Waals surface area contributed by atoms with Crippen molar-refractivity contribution in [3.8, 4) is 0 Å². The zero-order chi connectivity index (χ0) is 12.9. The van der Waals surface area contributed by atoms with Gasteiger partial charge in [0.1, 0.15) is 0 Å². The number of fused-ring (bicyclic) bond motifs is 1. The summed E-state index contributed by atoms with van der Waals surface area (Å²) in [6.07, 6.45) is 6.62. The lowest BCUT2D eigenvalue weighted by molar-refractivity contribution is 0.530. The zero-order valence-corrected chi connectivity index (χ0v) is 10.7. The van der Waals surface area contributed by atoms with Crippen molar-refractivity contribution in [1.29, 1.82) is 0 Å². The maximum absolute atomic E-state index is 3.94. The third-order valence-electron chi connectivity index (χ3n) is 3.16. The van der Waals surface area contributed by atoms with Crippen LogP contribution < -0.4 is 5.32 Å². The molecule has 0 fully saturated rings. The number of hydrogen-bond donors (Lipinski definition) is 2. The molecule has 0 spiro atoms. The van der Waals surface area contributed by atoms with Gasteiger partial charge in [-0.3, -0.25) is 4.68 Å². The van der Waals surface area contributed by atoms with Gasteiger partial charge in [0.25, 0.3) is 0 Å². The molecule has 0 bridgehead atoms. The Labute approximate surface area is 111 Å². The van der Waals surface area contributed by atoms with Crippen LogP contribution in [0.3, 0.4) is 0 Å². The molecule has 0 amide bonds. The predicted octanol–water partition coefficient (Wildman–Crippen LogP) is 1.94. The molecule has 0 aliphatic carbocycles. The number of aromatic nitrogens is 4. The molecule has 98 valence electrons. The van der Waals surface area contributed by atoms with E-state index < -0.39 is 0 Å². The van der Waals surface area contributed by atoms with E-state index in [0.29, 0.717) is 0 Å². The lowest BCUT2D eigenvalue weighted by Crippen LogP contribution is -2.16. The Morgan fingerprint density at radius 3 is 3.16 bits per heavy atom. The molecule has 1 aromatic carbocycles. The highest BCUT2D eigenvalue weighted by Crippen LogP contribution is 2.13. The van der Waals surface area contributed by atoms with Gasteiger partial charge in [-0.2, -0.15) is 0 Å². The third kappa shape index (κ3) is 3.00. The molecule has 0 unspecified atom stereocenters. The van der Waals surface area contributed by atoms with Gasteiger partial charge in [0.15, 0.2) is 0 Å². The quantitative estimate of drug-likeness (QED) is 0.662. The van der Waals surface area contributed by atoms with Crippen molar-refractivity contribution in [3.63, 3.8) is 0 Å². The van der Waals surface area contributed by atoms with Crippen molar-refractivity contribution >= 4 is 10.9 Å². The average molecular weight is 255 g/mol. The number of nitrogens with zero attached hydrogens (tertiary/aromatic N) is 3. The molecule has 2 N–H and O–H groups in total. The van der Waals surface area contributed by atoms with Crippen LogP contribution in [0.5, 0.6) is 0 Å². The maximum atomic E-state index is 3.94. The Morgan fingerprint density at radius 1 is 1.26 bits per heavy atom. The van der Waals surface area contributed by atoms with Crippen molar-refractivity contribution < 1.29 is 0 Å². The smallest absolute Gasteiger partial charge is 0.0692 e. The molecule has 2 aromatic heterocycles. The molecular weight excluding hydrogens is 238 g/mol. The SMILES string of the molecule is c1cn(CCCNCc2ccc3cc[nH]c3c2)nn1. The summed E-state index contributed by atoms with van der Waals surface area (Å²) >= 11 is 0. The number of rotatable bonds is 6. The third-order valence-corrected chi connectivity index (χ3v) is 3.16. The normalized spacial score (nSPS) is 11.2. The Bertz CT molecular complexity index is 626. The van der Waals surface area contributed by atoms with Gasteiger partial charge in [-0.25, -0.2) is 0 Å². The molecular formula is C14H17N5. The Kier molecular flexibility index (Phi) is 3.56. The van der Waals surface area contributed by atoms with Gasteiger partial charge in [0.2, 0.25) is 0 Å². The Balaban J connectivity index is 1.44. The molecule has 0 saturated heterocycles. The van der Waals surface area contributed by atoms with E-state index in [1.807, 2.05) is 17.1 Å². The van der Waals surface area contributed by atoms with Gasteiger partial charge in [-0.15, -0.1) is 5.10 Å². The maximum Gasteiger partial charge on any atom is 0.0692 e. The number of H-pyrrole nitrogens is 1. The summed E-state index contributed by atoms with van der Waals surface area (Å²) in [6.45, 7) is 2.78. The minimum atomic E-state index is 0.895. The van der Waals surface area contributed by atoms with Crippen LogP contribution in [0.25, 0.3) is 10.9 Å². The van der Waals surface area contributed by atoms with Gasteiger partial charge >= 0.3 is 0 Å². The van der Waals surface area contributed by atoms with Gasteiger partial charge in [-0.05, 0) is 36.0 Å². The van der Waals surface area contributed by atoms with Gasteiger partial charge in [0, 0.05) is 31.0 Å². The Hall–Kier alpha value is -2.14. The van der Waals surface area contributed by atoms with Crippen molar-refractivity contribution in [3.05, 3.63) is 48.4 Å². The molecule has 0 saturated carbocycles. The predicted molar refractivity (Wildman–Crippen MR) is 74.6 cm³/mol. The number of benzene rings is 1. The van der Waals surface area contributed by atoms with E-state index in [2.05, 4.69) is 44.9 Å². The fourth-order valence-electron chi connectivity index (χ4n) is 2.16. The first-order valence-corrected chi connectivity index (χ1v) is 6.53. The minimum Gasteiger partial charge on any atom is -0.361 e. The molecule has 3 aromatic rings. The summed E-state index contributed by atoms with van der Waals surface area (Å²) in [5, 5.41) is 12.4. The van der Waals surface area contributed by atoms with Crippen LogP contribution in [0.1, 0.15) is 12.0 Å². The monoisotopic (exact) mass is 255 g/mol. The molecule has 3 rings (SSSR count). The van der Waals surface area contributed by atoms with Crippen molar-refractivity contribution in [1.82, 2.24) is 25.3 Å². The Morgan fingerprint density at radius 2 is 2.26 bits per heavy atom.